The lowest BCUT2D eigenvalue weighted by Gasteiger charge is -2.04. The molecule has 2 heterocycles. The van der Waals surface area contributed by atoms with E-state index >= 15 is 0 Å². The number of sulfonamides is 1. The van der Waals surface area contributed by atoms with Crippen LogP contribution < -0.4 is 4.72 Å². The van der Waals surface area contributed by atoms with Gasteiger partial charge in [0, 0.05) is 23.7 Å². The molecule has 19 heavy (non-hydrogen) atoms. The smallest absolute Gasteiger partial charge is 0.244 e. The van der Waals surface area contributed by atoms with E-state index in [1.165, 1.54) is 11.3 Å². The van der Waals surface area contributed by atoms with Gasteiger partial charge in [0.15, 0.2) is 0 Å². The molecule has 0 fully saturated rings. The molecule has 1 N–H and O–H groups in total. The van der Waals surface area contributed by atoms with Crippen molar-refractivity contribution in [3.05, 3.63) is 34.3 Å². The third kappa shape index (κ3) is 3.23. The summed E-state index contributed by atoms with van der Waals surface area (Å²) in [5, 5.41) is 6.14. The molecule has 5 nitrogen and oxygen atoms in total. The molecule has 0 atom stereocenters. The largest absolute Gasteiger partial charge is 0.269 e. The Morgan fingerprint density at radius 3 is 2.74 bits per heavy atom. The predicted molar refractivity (Wildman–Crippen MR) is 75.7 cm³/mol. The van der Waals surface area contributed by atoms with E-state index in [1.54, 1.807) is 17.8 Å². The van der Waals surface area contributed by atoms with Gasteiger partial charge in [0.05, 0.1) is 5.69 Å². The highest BCUT2D eigenvalue weighted by molar-refractivity contribution is 7.89. The van der Waals surface area contributed by atoms with Crippen molar-refractivity contribution < 1.29 is 8.42 Å². The van der Waals surface area contributed by atoms with Crippen LogP contribution in [0.5, 0.6) is 0 Å². The van der Waals surface area contributed by atoms with Crippen LogP contribution in [-0.2, 0) is 16.6 Å². The fourth-order valence-electron chi connectivity index (χ4n) is 1.65. The van der Waals surface area contributed by atoms with E-state index in [9.17, 15) is 8.42 Å². The van der Waals surface area contributed by atoms with E-state index in [0.717, 1.165) is 4.88 Å². The molecule has 0 spiro atoms. The summed E-state index contributed by atoms with van der Waals surface area (Å²) in [6, 6.07) is 3.94. The zero-order valence-electron chi connectivity index (χ0n) is 11.1. The van der Waals surface area contributed by atoms with Crippen molar-refractivity contribution in [1.82, 2.24) is 14.5 Å². The fraction of sp³-hybridized carbons (Fsp3) is 0.417. The van der Waals surface area contributed by atoms with Gasteiger partial charge >= 0.3 is 0 Å². The minimum Gasteiger partial charge on any atom is -0.269 e. The molecule has 0 aliphatic carbocycles. The third-order valence-electron chi connectivity index (χ3n) is 2.71. The molecule has 7 heteroatoms. The van der Waals surface area contributed by atoms with Gasteiger partial charge in [-0.05, 0) is 32.2 Å². The van der Waals surface area contributed by atoms with Crippen molar-refractivity contribution in [2.75, 3.05) is 0 Å². The summed E-state index contributed by atoms with van der Waals surface area (Å²) in [7, 11) is -3.51. The Morgan fingerprint density at radius 2 is 2.21 bits per heavy atom. The van der Waals surface area contributed by atoms with Crippen molar-refractivity contribution >= 4 is 21.4 Å². The average Bonchev–Trinajstić information content (AvgIpc) is 2.95. The molecule has 0 unspecified atom stereocenters. The molecule has 2 rings (SSSR count). The highest BCUT2D eigenvalue weighted by Gasteiger charge is 2.20. The molecule has 0 aliphatic rings. The summed E-state index contributed by atoms with van der Waals surface area (Å²) in [6.45, 7) is 5.94. The van der Waals surface area contributed by atoms with Crippen molar-refractivity contribution in [2.45, 2.75) is 38.3 Å². The number of aromatic nitrogens is 2. The molecule has 0 saturated carbocycles. The average molecular weight is 299 g/mol. The van der Waals surface area contributed by atoms with Crippen molar-refractivity contribution in [3.63, 3.8) is 0 Å². The van der Waals surface area contributed by atoms with Crippen molar-refractivity contribution in [3.8, 4) is 0 Å². The van der Waals surface area contributed by atoms with Crippen molar-refractivity contribution in [2.24, 2.45) is 0 Å². The van der Waals surface area contributed by atoms with E-state index in [1.807, 2.05) is 31.4 Å². The Labute approximate surface area is 117 Å². The first-order valence-corrected chi connectivity index (χ1v) is 8.34. The quantitative estimate of drug-likeness (QED) is 0.921. The van der Waals surface area contributed by atoms with Gasteiger partial charge in [0.2, 0.25) is 10.0 Å². The number of rotatable bonds is 5. The number of hydrogen-bond acceptors (Lipinski definition) is 4. The standard InChI is InChI=1S/C12H17N3O2S2/c1-9(2)15-8-12(10(3)14-15)19(16,17)13-7-11-5-4-6-18-11/h4-6,8-9,13H,7H2,1-3H3. The number of nitrogens with one attached hydrogen (secondary N) is 1. The predicted octanol–water partition coefficient (Wildman–Crippen LogP) is 2.31. The molecule has 0 saturated heterocycles. The molecule has 0 amide bonds. The summed E-state index contributed by atoms with van der Waals surface area (Å²) in [4.78, 5) is 1.23. The minimum absolute atomic E-state index is 0.139. The maximum Gasteiger partial charge on any atom is 0.244 e. The highest BCUT2D eigenvalue weighted by atomic mass is 32.2. The maximum atomic E-state index is 12.2. The first-order valence-electron chi connectivity index (χ1n) is 5.98. The zero-order valence-corrected chi connectivity index (χ0v) is 12.8. The highest BCUT2D eigenvalue weighted by Crippen LogP contribution is 2.17. The number of aryl methyl sites for hydroxylation is 1. The molecule has 2 aromatic heterocycles. The summed E-state index contributed by atoms with van der Waals surface area (Å²) < 4.78 is 28.7. The first kappa shape index (κ1) is 14.2. The minimum atomic E-state index is -3.51. The molecular formula is C12H17N3O2S2. The van der Waals surface area contributed by atoms with Gasteiger partial charge in [-0.15, -0.1) is 11.3 Å². The Hall–Kier alpha value is -1.18. The second-order valence-corrected chi connectivity index (χ2v) is 7.32. The van der Waals surface area contributed by atoms with Gasteiger partial charge in [-0.3, -0.25) is 4.68 Å². The molecule has 0 aromatic carbocycles. The van der Waals surface area contributed by atoms with Crippen LogP contribution in [0.2, 0.25) is 0 Å². The Bertz CT molecular complexity index is 643. The second kappa shape index (κ2) is 5.44. The molecule has 0 bridgehead atoms. The lowest BCUT2D eigenvalue weighted by atomic mass is 10.4. The fourth-order valence-corrected chi connectivity index (χ4v) is 3.56. The molecule has 0 radical (unpaired) electrons. The number of nitrogens with zero attached hydrogens (tertiary/aromatic N) is 2. The van der Waals surface area contributed by atoms with Crippen LogP contribution in [0.15, 0.2) is 28.6 Å². The summed E-state index contributed by atoms with van der Waals surface area (Å²) in [5.41, 5.74) is 0.521. The van der Waals surface area contributed by atoms with E-state index in [2.05, 4.69) is 9.82 Å². The van der Waals surface area contributed by atoms with Gasteiger partial charge in [0.25, 0.3) is 0 Å². The Morgan fingerprint density at radius 1 is 1.47 bits per heavy atom. The van der Waals surface area contributed by atoms with E-state index in [4.69, 9.17) is 0 Å². The van der Waals surface area contributed by atoms with Gasteiger partial charge in [-0.2, -0.15) is 5.10 Å². The molecule has 2 aromatic rings. The van der Waals surface area contributed by atoms with Crippen LogP contribution in [0.25, 0.3) is 0 Å². The van der Waals surface area contributed by atoms with Gasteiger partial charge in [-0.25, -0.2) is 13.1 Å². The van der Waals surface area contributed by atoms with Crippen LogP contribution in [0.1, 0.15) is 30.5 Å². The van der Waals surface area contributed by atoms with E-state index < -0.39 is 10.0 Å². The van der Waals surface area contributed by atoms with Crippen LogP contribution in [0.3, 0.4) is 0 Å². The van der Waals surface area contributed by atoms with Crippen LogP contribution in [0, 0.1) is 6.92 Å². The first-order chi connectivity index (χ1) is 8.90. The SMILES string of the molecule is Cc1nn(C(C)C)cc1S(=O)(=O)NCc1cccs1. The summed E-state index contributed by atoms with van der Waals surface area (Å²) >= 11 is 1.53. The number of thiophene rings is 1. The Kier molecular flexibility index (Phi) is 4.07. The van der Waals surface area contributed by atoms with Crippen LogP contribution in [0.4, 0.5) is 0 Å². The summed E-state index contributed by atoms with van der Waals surface area (Å²) in [5.74, 6) is 0. The van der Waals surface area contributed by atoms with Gasteiger partial charge in [-0.1, -0.05) is 6.07 Å². The molecular weight excluding hydrogens is 282 g/mol. The monoisotopic (exact) mass is 299 g/mol. The second-order valence-electron chi connectivity index (χ2n) is 4.56. The topological polar surface area (TPSA) is 64.0 Å². The zero-order chi connectivity index (χ0) is 14.0. The van der Waals surface area contributed by atoms with Gasteiger partial charge < -0.3 is 0 Å². The van der Waals surface area contributed by atoms with Crippen molar-refractivity contribution in [1.29, 1.82) is 0 Å². The van der Waals surface area contributed by atoms with E-state index in [-0.39, 0.29) is 10.9 Å². The third-order valence-corrected chi connectivity index (χ3v) is 5.09. The summed E-state index contributed by atoms with van der Waals surface area (Å²) in [6.07, 6.45) is 1.58. The normalized spacial score (nSPS) is 12.2. The molecule has 104 valence electrons. The van der Waals surface area contributed by atoms with Crippen LogP contribution >= 0.6 is 11.3 Å². The number of hydrogen-bond donors (Lipinski definition) is 1. The lowest BCUT2D eigenvalue weighted by Crippen LogP contribution is -2.23. The van der Waals surface area contributed by atoms with Crippen LogP contribution in [-0.4, -0.2) is 18.2 Å². The van der Waals surface area contributed by atoms with E-state index in [0.29, 0.717) is 12.2 Å². The maximum absolute atomic E-state index is 12.2. The lowest BCUT2D eigenvalue weighted by molar-refractivity contribution is 0.528. The van der Waals surface area contributed by atoms with Gasteiger partial charge in [0.1, 0.15) is 4.90 Å². The Balaban J connectivity index is 2.19. The molecule has 0 aliphatic heterocycles.